The van der Waals surface area contributed by atoms with Gasteiger partial charge in [-0.2, -0.15) is 4.37 Å². The minimum absolute atomic E-state index is 0.00668. The SMILES string of the molecule is CC(C)CC(C(=O)Nc1ccc(NC(=O)c2nsc(Cl)c2Cl)cc1)P(=O)(O)O. The predicted octanol–water partition coefficient (Wildman–Crippen LogP) is 4.23. The van der Waals surface area contributed by atoms with Gasteiger partial charge in [0.2, 0.25) is 5.91 Å². The highest BCUT2D eigenvalue weighted by molar-refractivity contribution is 7.53. The summed E-state index contributed by atoms with van der Waals surface area (Å²) < 4.78 is 15.7. The van der Waals surface area contributed by atoms with Crippen molar-refractivity contribution in [1.29, 1.82) is 0 Å². The van der Waals surface area contributed by atoms with Gasteiger partial charge in [0.25, 0.3) is 5.91 Å². The minimum Gasteiger partial charge on any atom is -0.325 e. The van der Waals surface area contributed by atoms with Gasteiger partial charge in [-0.3, -0.25) is 14.2 Å². The Labute approximate surface area is 175 Å². The fourth-order valence-electron chi connectivity index (χ4n) is 2.30. The Morgan fingerprint density at radius 2 is 1.68 bits per heavy atom. The van der Waals surface area contributed by atoms with E-state index in [2.05, 4.69) is 15.0 Å². The fourth-order valence-corrected chi connectivity index (χ4v) is 4.36. The van der Waals surface area contributed by atoms with Crippen molar-refractivity contribution >= 4 is 65.5 Å². The van der Waals surface area contributed by atoms with Crippen LogP contribution in [-0.4, -0.2) is 31.6 Å². The predicted molar refractivity (Wildman–Crippen MR) is 110 cm³/mol. The maximum absolute atomic E-state index is 12.3. The van der Waals surface area contributed by atoms with E-state index in [-0.39, 0.29) is 27.4 Å². The molecular formula is C16H18Cl2N3O5PS. The first-order valence-electron chi connectivity index (χ1n) is 8.07. The van der Waals surface area contributed by atoms with Crippen LogP contribution in [0.2, 0.25) is 9.36 Å². The molecule has 0 aliphatic heterocycles. The van der Waals surface area contributed by atoms with Gasteiger partial charge < -0.3 is 20.4 Å². The van der Waals surface area contributed by atoms with Crippen LogP contribution in [0.1, 0.15) is 30.8 Å². The molecule has 1 unspecified atom stereocenters. The monoisotopic (exact) mass is 465 g/mol. The highest BCUT2D eigenvalue weighted by Crippen LogP contribution is 2.44. The van der Waals surface area contributed by atoms with Crippen molar-refractivity contribution in [2.24, 2.45) is 5.92 Å². The lowest BCUT2D eigenvalue weighted by Crippen LogP contribution is -2.29. The van der Waals surface area contributed by atoms with E-state index in [1.807, 2.05) is 0 Å². The molecule has 2 aromatic rings. The smallest absolute Gasteiger partial charge is 0.325 e. The second kappa shape index (κ2) is 9.35. The van der Waals surface area contributed by atoms with Crippen LogP contribution in [0.3, 0.4) is 0 Å². The molecule has 4 N–H and O–H groups in total. The van der Waals surface area contributed by atoms with Crippen molar-refractivity contribution < 1.29 is 23.9 Å². The van der Waals surface area contributed by atoms with Crippen molar-refractivity contribution in [2.45, 2.75) is 25.9 Å². The molecule has 1 aromatic heterocycles. The number of amides is 2. The van der Waals surface area contributed by atoms with Crippen molar-refractivity contribution in [3.8, 4) is 0 Å². The van der Waals surface area contributed by atoms with Gasteiger partial charge in [-0.1, -0.05) is 37.0 Å². The lowest BCUT2D eigenvalue weighted by atomic mass is 10.1. The maximum atomic E-state index is 12.3. The van der Waals surface area contributed by atoms with Crippen LogP contribution in [0.25, 0.3) is 0 Å². The number of nitrogens with zero attached hydrogens (tertiary/aromatic N) is 1. The summed E-state index contributed by atoms with van der Waals surface area (Å²) in [6.07, 6.45) is 0.0568. The molecule has 1 aromatic carbocycles. The zero-order valence-corrected chi connectivity index (χ0v) is 18.1. The number of halogens is 2. The van der Waals surface area contributed by atoms with Gasteiger partial charge in [0.05, 0.1) is 0 Å². The standard InChI is InChI=1S/C16H18Cl2N3O5PS/c1-8(2)7-11(27(24,25)26)15(22)19-9-3-5-10(6-4-9)20-16(23)13-12(17)14(18)28-21-13/h3-6,8,11H,7H2,1-2H3,(H,19,22)(H,20,23)(H2,24,25,26). The Bertz CT molecular complexity index is 914. The normalized spacial score (nSPS) is 12.7. The molecule has 0 aliphatic rings. The molecule has 2 amide bonds. The molecule has 28 heavy (non-hydrogen) atoms. The van der Waals surface area contributed by atoms with E-state index in [9.17, 15) is 23.9 Å². The summed E-state index contributed by atoms with van der Waals surface area (Å²) in [5.74, 6) is -1.36. The molecular weight excluding hydrogens is 448 g/mol. The zero-order chi connectivity index (χ0) is 21.1. The number of hydrogen-bond donors (Lipinski definition) is 4. The van der Waals surface area contributed by atoms with Gasteiger partial charge in [0, 0.05) is 11.4 Å². The van der Waals surface area contributed by atoms with E-state index in [4.69, 9.17) is 23.2 Å². The van der Waals surface area contributed by atoms with Crippen molar-refractivity contribution in [3.63, 3.8) is 0 Å². The molecule has 0 bridgehead atoms. The molecule has 1 atom stereocenters. The van der Waals surface area contributed by atoms with E-state index in [0.717, 1.165) is 11.5 Å². The van der Waals surface area contributed by atoms with E-state index in [1.165, 1.54) is 24.3 Å². The number of aromatic nitrogens is 1. The number of nitrogens with one attached hydrogen (secondary N) is 2. The second-order valence-electron chi connectivity index (χ2n) is 6.37. The molecule has 152 valence electrons. The Hall–Kier alpha value is -1.48. The molecule has 0 saturated carbocycles. The van der Waals surface area contributed by atoms with Crippen molar-refractivity contribution in [1.82, 2.24) is 4.37 Å². The molecule has 8 nitrogen and oxygen atoms in total. The third kappa shape index (κ3) is 6.01. The van der Waals surface area contributed by atoms with E-state index in [0.29, 0.717) is 11.4 Å². The quantitative estimate of drug-likeness (QED) is 0.452. The number of carbonyl (C=O) groups is 2. The van der Waals surface area contributed by atoms with Crippen LogP contribution in [-0.2, 0) is 9.36 Å². The number of benzene rings is 1. The first-order chi connectivity index (χ1) is 13.0. The number of anilines is 2. The van der Waals surface area contributed by atoms with Gasteiger partial charge >= 0.3 is 7.60 Å². The van der Waals surface area contributed by atoms with Crippen LogP contribution in [0.4, 0.5) is 11.4 Å². The molecule has 1 heterocycles. The Morgan fingerprint density at radius 3 is 2.11 bits per heavy atom. The zero-order valence-electron chi connectivity index (χ0n) is 14.8. The summed E-state index contributed by atoms with van der Waals surface area (Å²) in [6, 6.07) is 6.03. The average Bonchev–Trinajstić information content (AvgIpc) is 2.92. The number of carbonyl (C=O) groups excluding carboxylic acids is 2. The fraction of sp³-hybridized carbons (Fsp3) is 0.312. The van der Waals surface area contributed by atoms with Crippen LogP contribution < -0.4 is 10.6 Å². The third-order valence-corrected chi connectivity index (χ3v) is 6.49. The first-order valence-corrected chi connectivity index (χ1v) is 11.3. The second-order valence-corrected chi connectivity index (χ2v) is 9.93. The Morgan fingerprint density at radius 1 is 1.14 bits per heavy atom. The van der Waals surface area contributed by atoms with Crippen LogP contribution >= 0.6 is 42.3 Å². The highest BCUT2D eigenvalue weighted by Gasteiger charge is 2.36. The topological polar surface area (TPSA) is 129 Å². The van der Waals surface area contributed by atoms with E-state index < -0.39 is 25.1 Å². The lowest BCUT2D eigenvalue weighted by molar-refractivity contribution is -0.116. The van der Waals surface area contributed by atoms with Crippen molar-refractivity contribution in [3.05, 3.63) is 39.3 Å². The van der Waals surface area contributed by atoms with Crippen molar-refractivity contribution in [2.75, 3.05) is 10.6 Å². The lowest BCUT2D eigenvalue weighted by Gasteiger charge is -2.19. The summed E-state index contributed by atoms with van der Waals surface area (Å²) in [6.45, 7) is 3.55. The Kier molecular flexibility index (Phi) is 7.61. The van der Waals surface area contributed by atoms with Gasteiger partial charge in [-0.05, 0) is 48.1 Å². The van der Waals surface area contributed by atoms with Gasteiger partial charge in [-0.25, -0.2) is 0 Å². The van der Waals surface area contributed by atoms with E-state index >= 15 is 0 Å². The maximum Gasteiger partial charge on any atom is 0.337 e. The molecule has 0 saturated heterocycles. The summed E-state index contributed by atoms with van der Waals surface area (Å²) in [4.78, 5) is 43.3. The average molecular weight is 466 g/mol. The molecule has 0 spiro atoms. The van der Waals surface area contributed by atoms with E-state index in [1.54, 1.807) is 13.8 Å². The minimum atomic E-state index is -4.59. The number of rotatable bonds is 7. The molecule has 0 radical (unpaired) electrons. The van der Waals surface area contributed by atoms with Crippen LogP contribution in [0.15, 0.2) is 24.3 Å². The summed E-state index contributed by atoms with van der Waals surface area (Å²) in [5, 5.41) is 5.15. The molecule has 2 rings (SSSR count). The van der Waals surface area contributed by atoms with Gasteiger partial charge in [0.1, 0.15) is 15.0 Å². The first kappa shape index (κ1) is 22.8. The molecule has 0 aliphatic carbocycles. The number of hydrogen-bond acceptors (Lipinski definition) is 5. The summed E-state index contributed by atoms with van der Waals surface area (Å²) >= 11 is 12.6. The highest BCUT2D eigenvalue weighted by atomic mass is 35.5. The van der Waals surface area contributed by atoms with Gasteiger partial charge in [0.15, 0.2) is 5.69 Å². The Balaban J connectivity index is 2.05. The van der Waals surface area contributed by atoms with Crippen LogP contribution in [0, 0.1) is 5.92 Å². The van der Waals surface area contributed by atoms with Gasteiger partial charge in [-0.15, -0.1) is 0 Å². The third-order valence-electron chi connectivity index (χ3n) is 3.63. The summed E-state index contributed by atoms with van der Waals surface area (Å²) in [5.41, 5.74) is -0.674. The molecule has 12 heteroatoms. The van der Waals surface area contributed by atoms with Crippen LogP contribution in [0.5, 0.6) is 0 Å². The summed E-state index contributed by atoms with van der Waals surface area (Å²) in [7, 11) is -4.59. The largest absolute Gasteiger partial charge is 0.337 e. The molecule has 0 fully saturated rings.